The van der Waals surface area contributed by atoms with E-state index in [0.29, 0.717) is 40.1 Å². The van der Waals surface area contributed by atoms with Gasteiger partial charge in [0.05, 0.1) is 18.2 Å². The van der Waals surface area contributed by atoms with E-state index in [2.05, 4.69) is 15.5 Å². The van der Waals surface area contributed by atoms with Crippen LogP contribution in [0.3, 0.4) is 0 Å². The zero-order valence-electron chi connectivity index (χ0n) is 20.8. The number of halogens is 3. The maximum absolute atomic E-state index is 13.6. The Labute approximate surface area is 213 Å². The number of alkyl halides is 3. The molecule has 6 nitrogen and oxygen atoms in total. The summed E-state index contributed by atoms with van der Waals surface area (Å²) in [6.45, 7) is 0.775. The summed E-state index contributed by atoms with van der Waals surface area (Å²) in [4.78, 5) is 13.8. The van der Waals surface area contributed by atoms with Crippen molar-refractivity contribution >= 4 is 28.2 Å². The molecule has 0 fully saturated rings. The number of rotatable bonds is 8. The fraction of sp³-hybridized carbons (Fsp3) is 0.250. The van der Waals surface area contributed by atoms with E-state index in [4.69, 9.17) is 4.74 Å². The molecule has 0 amide bonds. The molecule has 0 radical (unpaired) electrons. The third kappa shape index (κ3) is 6.24. The van der Waals surface area contributed by atoms with Gasteiger partial charge in [-0.15, -0.1) is 10.2 Å². The van der Waals surface area contributed by atoms with E-state index in [9.17, 15) is 18.0 Å². The molecule has 1 aromatic heterocycles. The molecule has 192 valence electrons. The second-order valence-electron chi connectivity index (χ2n) is 8.96. The van der Waals surface area contributed by atoms with Gasteiger partial charge in [0, 0.05) is 22.0 Å². The fourth-order valence-electron chi connectivity index (χ4n) is 4.10. The van der Waals surface area contributed by atoms with Crippen molar-refractivity contribution in [3.63, 3.8) is 0 Å². The first kappa shape index (κ1) is 26.1. The summed E-state index contributed by atoms with van der Waals surface area (Å²) < 4.78 is 45.7. The number of aryl methyl sites for hydroxylation is 1. The summed E-state index contributed by atoms with van der Waals surface area (Å²) in [5.74, 6) is -0.0895. The Hall–Kier alpha value is -3.98. The van der Waals surface area contributed by atoms with Crippen LogP contribution in [0.1, 0.15) is 27.9 Å². The Balaban J connectivity index is 1.70. The lowest BCUT2D eigenvalue weighted by atomic mass is 10.0. The predicted octanol–water partition coefficient (Wildman–Crippen LogP) is 6.34. The van der Waals surface area contributed by atoms with Gasteiger partial charge in [0.2, 0.25) is 0 Å². The van der Waals surface area contributed by atoms with Gasteiger partial charge in [-0.25, -0.2) is 4.79 Å². The number of carbonyl (C=O) groups excluding carboxylic acids is 1. The zero-order valence-corrected chi connectivity index (χ0v) is 20.8. The van der Waals surface area contributed by atoms with E-state index in [-0.39, 0.29) is 0 Å². The molecular weight excluding hydrogens is 481 g/mol. The van der Waals surface area contributed by atoms with Gasteiger partial charge in [-0.2, -0.15) is 13.2 Å². The van der Waals surface area contributed by atoms with E-state index in [1.54, 1.807) is 30.3 Å². The summed E-state index contributed by atoms with van der Waals surface area (Å²) in [6, 6.07) is 18.2. The van der Waals surface area contributed by atoms with Gasteiger partial charge in [0.15, 0.2) is 5.82 Å². The number of carbonyl (C=O) groups is 1. The lowest BCUT2D eigenvalue weighted by molar-refractivity contribution is -0.137. The van der Waals surface area contributed by atoms with Crippen molar-refractivity contribution in [1.29, 1.82) is 0 Å². The van der Waals surface area contributed by atoms with Crippen LogP contribution in [0.25, 0.3) is 22.0 Å². The number of benzene rings is 3. The first-order valence-electron chi connectivity index (χ1n) is 11.7. The van der Waals surface area contributed by atoms with Crippen molar-refractivity contribution < 1.29 is 22.7 Å². The summed E-state index contributed by atoms with van der Waals surface area (Å²) in [6.07, 6.45) is -3.22. The maximum Gasteiger partial charge on any atom is 0.416 e. The molecule has 0 saturated heterocycles. The Morgan fingerprint density at radius 1 is 0.973 bits per heavy atom. The normalized spacial score (nSPS) is 11.6. The molecule has 0 saturated carbocycles. The van der Waals surface area contributed by atoms with Gasteiger partial charge in [-0.05, 0) is 69.4 Å². The van der Waals surface area contributed by atoms with E-state index in [0.717, 1.165) is 30.0 Å². The minimum atomic E-state index is -4.47. The zero-order chi connectivity index (χ0) is 26.6. The van der Waals surface area contributed by atoms with Gasteiger partial charge in [0.1, 0.15) is 5.69 Å². The molecule has 0 aliphatic heterocycles. The molecule has 0 bridgehead atoms. The van der Waals surface area contributed by atoms with Crippen molar-refractivity contribution in [2.24, 2.45) is 0 Å². The summed E-state index contributed by atoms with van der Waals surface area (Å²) in [7, 11) is 5.18. The largest absolute Gasteiger partial charge is 0.465 e. The van der Waals surface area contributed by atoms with Crippen molar-refractivity contribution in [3.8, 4) is 11.3 Å². The van der Waals surface area contributed by atoms with Gasteiger partial charge in [-0.1, -0.05) is 36.4 Å². The number of hydrogen-bond acceptors (Lipinski definition) is 6. The van der Waals surface area contributed by atoms with Crippen molar-refractivity contribution in [3.05, 3.63) is 83.4 Å². The highest BCUT2D eigenvalue weighted by Crippen LogP contribution is 2.35. The standard InChI is InChI=1S/C28H27F3N4O2/c1-35(2)14-6-7-18-15-21(28(29,30)31)17-22(16-18)32-26-24-9-5-4-8-23(24)25(33-34-26)19-10-12-20(13-11-19)27(36)37-3/h4-5,8-13,15-17H,6-7,14H2,1-3H3,(H,32,34). The van der Waals surface area contributed by atoms with Crippen LogP contribution in [-0.2, 0) is 17.3 Å². The number of nitrogens with one attached hydrogen (secondary N) is 1. The first-order valence-corrected chi connectivity index (χ1v) is 11.7. The second kappa shape index (κ2) is 11.0. The predicted molar refractivity (Wildman–Crippen MR) is 138 cm³/mol. The smallest absolute Gasteiger partial charge is 0.416 e. The Kier molecular flexibility index (Phi) is 7.73. The average molecular weight is 509 g/mol. The highest BCUT2D eigenvalue weighted by molar-refractivity contribution is 6.01. The number of esters is 1. The van der Waals surface area contributed by atoms with Crippen LogP contribution < -0.4 is 5.32 Å². The number of anilines is 2. The van der Waals surface area contributed by atoms with E-state index < -0.39 is 17.7 Å². The lowest BCUT2D eigenvalue weighted by Crippen LogP contribution is -2.14. The first-order chi connectivity index (χ1) is 17.7. The maximum atomic E-state index is 13.6. The molecule has 1 N–H and O–H groups in total. The summed E-state index contributed by atoms with van der Waals surface area (Å²) >= 11 is 0. The Morgan fingerprint density at radius 3 is 2.32 bits per heavy atom. The van der Waals surface area contributed by atoms with Gasteiger partial charge in [0.25, 0.3) is 0 Å². The lowest BCUT2D eigenvalue weighted by Gasteiger charge is -2.15. The summed E-state index contributed by atoms with van der Waals surface area (Å²) in [5, 5.41) is 13.2. The SMILES string of the molecule is COC(=O)c1ccc(-c2nnc(Nc3cc(CCCN(C)C)cc(C(F)(F)F)c3)c3ccccc23)cc1. The molecule has 1 heterocycles. The van der Waals surface area contributed by atoms with Gasteiger partial charge in [-0.3, -0.25) is 0 Å². The quantitative estimate of drug-likeness (QED) is 0.280. The number of ether oxygens (including phenoxy) is 1. The Morgan fingerprint density at radius 2 is 1.68 bits per heavy atom. The minimum absolute atomic E-state index is 0.296. The number of methoxy groups -OCH3 is 1. The third-order valence-corrected chi connectivity index (χ3v) is 5.92. The minimum Gasteiger partial charge on any atom is -0.465 e. The van der Waals surface area contributed by atoms with Crippen LogP contribution in [0.2, 0.25) is 0 Å². The molecule has 0 aliphatic rings. The third-order valence-electron chi connectivity index (χ3n) is 5.92. The molecule has 3 aromatic carbocycles. The molecule has 4 aromatic rings. The molecule has 37 heavy (non-hydrogen) atoms. The molecule has 0 atom stereocenters. The Bertz CT molecular complexity index is 1400. The van der Waals surface area contributed by atoms with E-state index in [1.165, 1.54) is 13.2 Å². The van der Waals surface area contributed by atoms with Crippen LogP contribution in [0.15, 0.2) is 66.7 Å². The van der Waals surface area contributed by atoms with Crippen LogP contribution >= 0.6 is 0 Å². The molecule has 0 unspecified atom stereocenters. The van der Waals surface area contributed by atoms with E-state index >= 15 is 0 Å². The fourth-order valence-corrected chi connectivity index (χ4v) is 4.10. The number of aromatic nitrogens is 2. The molecule has 4 rings (SSSR count). The topological polar surface area (TPSA) is 67.3 Å². The molecule has 0 spiro atoms. The van der Waals surface area contributed by atoms with Crippen LogP contribution in [0.4, 0.5) is 24.7 Å². The monoisotopic (exact) mass is 508 g/mol. The molecular formula is C28H27F3N4O2. The highest BCUT2D eigenvalue weighted by Gasteiger charge is 2.31. The van der Waals surface area contributed by atoms with Crippen LogP contribution in [-0.4, -0.2) is 48.8 Å². The molecule has 9 heteroatoms. The van der Waals surface area contributed by atoms with Crippen molar-refractivity contribution in [1.82, 2.24) is 15.1 Å². The molecule has 0 aliphatic carbocycles. The van der Waals surface area contributed by atoms with Gasteiger partial charge >= 0.3 is 12.1 Å². The highest BCUT2D eigenvalue weighted by atomic mass is 19.4. The van der Waals surface area contributed by atoms with Crippen LogP contribution in [0, 0.1) is 0 Å². The van der Waals surface area contributed by atoms with Crippen molar-refractivity contribution in [2.75, 3.05) is 33.1 Å². The number of fused-ring (bicyclic) bond motifs is 1. The second-order valence-corrected chi connectivity index (χ2v) is 8.96. The van der Waals surface area contributed by atoms with Gasteiger partial charge < -0.3 is 15.0 Å². The van der Waals surface area contributed by atoms with E-state index in [1.807, 2.05) is 43.3 Å². The number of hydrogen-bond donors (Lipinski definition) is 1. The summed E-state index contributed by atoms with van der Waals surface area (Å²) in [5.41, 5.74) is 1.92. The number of nitrogens with zero attached hydrogens (tertiary/aromatic N) is 3. The average Bonchev–Trinajstić information content (AvgIpc) is 2.88. The van der Waals surface area contributed by atoms with Crippen LogP contribution in [0.5, 0.6) is 0 Å². The van der Waals surface area contributed by atoms with Crippen molar-refractivity contribution in [2.45, 2.75) is 19.0 Å².